The van der Waals surface area contributed by atoms with Crippen LogP contribution in [-0.4, -0.2) is 66.2 Å². The molecule has 3 N–H and O–H groups in total. The molecule has 0 bridgehead atoms. The van der Waals surface area contributed by atoms with Crippen LogP contribution in [0.3, 0.4) is 0 Å². The minimum atomic E-state index is -1.97. The molecule has 0 aliphatic carbocycles. The van der Waals surface area contributed by atoms with Gasteiger partial charge < -0.3 is 29.7 Å². The molecule has 2 fully saturated rings. The Kier molecular flexibility index (Phi) is 5.27. The highest BCUT2D eigenvalue weighted by Crippen LogP contribution is 2.44. The zero-order chi connectivity index (χ0) is 21.6. The lowest BCUT2D eigenvalue weighted by Crippen LogP contribution is -2.52. The van der Waals surface area contributed by atoms with Crippen LogP contribution in [0.1, 0.15) is 25.3 Å². The SMILES string of the molecule is COC(=O)C1=C(C)NC(C)=C(C(=O)[C@@]2(O)CO[C@@H]3[C@@H](O)CO[C@@H]32)C1c1ccccc1. The first-order valence-corrected chi connectivity index (χ1v) is 9.80. The fourth-order valence-electron chi connectivity index (χ4n) is 4.59. The average molecular weight is 415 g/mol. The highest BCUT2D eigenvalue weighted by atomic mass is 16.6. The topological polar surface area (TPSA) is 114 Å². The standard InChI is InChI=1S/C22H25NO7/c1-11-15(19(25)22(27)10-30-18-14(24)9-29-20(18)22)17(13-7-5-4-6-8-13)16(12(2)23-11)21(26)28-3/h4-8,14,17-18,20,23-24,27H,9-10H2,1-3H3/t14-,17?,18+,20-,22-/m0/s1. The quantitative estimate of drug-likeness (QED) is 0.611. The first-order valence-electron chi connectivity index (χ1n) is 9.80. The number of dihydropyridines is 1. The molecule has 3 aliphatic heterocycles. The summed E-state index contributed by atoms with van der Waals surface area (Å²) in [5.74, 6) is -1.90. The molecule has 8 nitrogen and oxygen atoms in total. The van der Waals surface area contributed by atoms with Crippen LogP contribution in [0.25, 0.3) is 0 Å². The summed E-state index contributed by atoms with van der Waals surface area (Å²) in [5, 5.41) is 24.4. The first-order chi connectivity index (χ1) is 14.3. The van der Waals surface area contributed by atoms with E-state index in [1.807, 2.05) is 30.3 Å². The fourth-order valence-corrected chi connectivity index (χ4v) is 4.59. The van der Waals surface area contributed by atoms with Crippen molar-refractivity contribution >= 4 is 11.8 Å². The van der Waals surface area contributed by atoms with Gasteiger partial charge in [0.1, 0.15) is 18.3 Å². The van der Waals surface area contributed by atoms with Crippen LogP contribution >= 0.6 is 0 Å². The number of allylic oxidation sites excluding steroid dienone is 2. The van der Waals surface area contributed by atoms with Crippen molar-refractivity contribution in [3.05, 3.63) is 58.4 Å². The van der Waals surface area contributed by atoms with Gasteiger partial charge in [-0.3, -0.25) is 4.79 Å². The van der Waals surface area contributed by atoms with E-state index in [1.165, 1.54) is 7.11 Å². The predicted octanol–water partition coefficient (Wildman–Crippen LogP) is 0.553. The van der Waals surface area contributed by atoms with Crippen LogP contribution in [0.4, 0.5) is 0 Å². The Labute approximate surface area is 174 Å². The third-order valence-electron chi connectivity index (χ3n) is 6.03. The van der Waals surface area contributed by atoms with E-state index in [4.69, 9.17) is 14.2 Å². The molecule has 0 aromatic heterocycles. The van der Waals surface area contributed by atoms with Crippen molar-refractivity contribution in [1.29, 1.82) is 0 Å². The molecule has 3 heterocycles. The molecule has 160 valence electrons. The number of benzene rings is 1. The highest BCUT2D eigenvalue weighted by molar-refractivity contribution is 6.07. The molecule has 5 atom stereocenters. The summed E-state index contributed by atoms with van der Waals surface area (Å²) in [6.45, 7) is 3.15. The Balaban J connectivity index is 1.82. The van der Waals surface area contributed by atoms with Crippen molar-refractivity contribution < 1.29 is 34.0 Å². The number of nitrogens with one attached hydrogen (secondary N) is 1. The maximum absolute atomic E-state index is 13.8. The van der Waals surface area contributed by atoms with Crippen molar-refractivity contribution in [3.63, 3.8) is 0 Å². The van der Waals surface area contributed by atoms with Crippen molar-refractivity contribution in [2.24, 2.45) is 0 Å². The summed E-state index contributed by atoms with van der Waals surface area (Å²) in [7, 11) is 1.29. The average Bonchev–Trinajstić information content (AvgIpc) is 3.28. The highest BCUT2D eigenvalue weighted by Gasteiger charge is 2.61. The molecule has 1 unspecified atom stereocenters. The number of aliphatic hydroxyl groups is 2. The second-order valence-electron chi connectivity index (χ2n) is 7.89. The molecule has 1 aromatic rings. The van der Waals surface area contributed by atoms with E-state index in [9.17, 15) is 19.8 Å². The molecular formula is C22H25NO7. The van der Waals surface area contributed by atoms with Gasteiger partial charge in [-0.15, -0.1) is 0 Å². The van der Waals surface area contributed by atoms with Crippen molar-refractivity contribution in [1.82, 2.24) is 5.32 Å². The van der Waals surface area contributed by atoms with Gasteiger partial charge in [0.2, 0.25) is 0 Å². The molecule has 8 heteroatoms. The van der Waals surface area contributed by atoms with E-state index >= 15 is 0 Å². The van der Waals surface area contributed by atoms with Crippen LogP contribution in [0.5, 0.6) is 0 Å². The largest absolute Gasteiger partial charge is 0.466 e. The van der Waals surface area contributed by atoms with E-state index in [2.05, 4.69) is 5.32 Å². The number of ether oxygens (including phenoxy) is 3. The van der Waals surface area contributed by atoms with Crippen LogP contribution < -0.4 is 5.32 Å². The van der Waals surface area contributed by atoms with Gasteiger partial charge in [-0.25, -0.2) is 4.79 Å². The zero-order valence-corrected chi connectivity index (χ0v) is 17.0. The molecule has 1 aromatic carbocycles. The zero-order valence-electron chi connectivity index (χ0n) is 17.0. The van der Waals surface area contributed by atoms with Crippen LogP contribution in [0.15, 0.2) is 52.9 Å². The molecule has 3 aliphatic rings. The summed E-state index contributed by atoms with van der Waals surface area (Å²) in [5.41, 5.74) is 0.375. The summed E-state index contributed by atoms with van der Waals surface area (Å²) in [4.78, 5) is 26.4. The smallest absolute Gasteiger partial charge is 0.336 e. The van der Waals surface area contributed by atoms with Gasteiger partial charge in [-0.2, -0.15) is 0 Å². The summed E-state index contributed by atoms with van der Waals surface area (Å²) < 4.78 is 16.0. The van der Waals surface area contributed by atoms with Crippen LogP contribution in [-0.2, 0) is 23.8 Å². The first kappa shape index (κ1) is 20.7. The Morgan fingerprint density at radius 2 is 1.80 bits per heavy atom. The Morgan fingerprint density at radius 1 is 1.13 bits per heavy atom. The lowest BCUT2D eigenvalue weighted by molar-refractivity contribution is -0.144. The molecule has 4 rings (SSSR count). The minimum absolute atomic E-state index is 0.0181. The number of carbonyl (C=O) groups excluding carboxylic acids is 2. The lowest BCUT2D eigenvalue weighted by Gasteiger charge is -2.34. The maximum atomic E-state index is 13.8. The van der Waals surface area contributed by atoms with Crippen molar-refractivity contribution in [2.45, 2.75) is 43.7 Å². The third-order valence-corrected chi connectivity index (χ3v) is 6.03. The Hall–Kier alpha value is -2.52. The van der Waals surface area contributed by atoms with Gasteiger partial charge in [0.15, 0.2) is 11.4 Å². The van der Waals surface area contributed by atoms with Gasteiger partial charge in [0, 0.05) is 22.9 Å². The van der Waals surface area contributed by atoms with Crippen molar-refractivity contribution in [2.75, 3.05) is 20.3 Å². The van der Waals surface area contributed by atoms with E-state index in [0.29, 0.717) is 22.5 Å². The number of aliphatic hydroxyl groups excluding tert-OH is 1. The number of carbonyl (C=O) groups is 2. The Morgan fingerprint density at radius 3 is 2.47 bits per heavy atom. The van der Waals surface area contributed by atoms with Gasteiger partial charge >= 0.3 is 5.97 Å². The second kappa shape index (κ2) is 7.63. The predicted molar refractivity (Wildman–Crippen MR) is 105 cm³/mol. The second-order valence-corrected chi connectivity index (χ2v) is 7.89. The van der Waals surface area contributed by atoms with Crippen LogP contribution in [0, 0.1) is 0 Å². The molecule has 30 heavy (non-hydrogen) atoms. The van der Waals surface area contributed by atoms with Gasteiger partial charge in [0.25, 0.3) is 0 Å². The van der Waals surface area contributed by atoms with Gasteiger partial charge in [-0.05, 0) is 19.4 Å². The molecular weight excluding hydrogens is 390 g/mol. The normalized spacial score (nSPS) is 33.4. The number of rotatable bonds is 4. The number of esters is 1. The van der Waals surface area contributed by atoms with E-state index < -0.39 is 41.6 Å². The number of fused-ring (bicyclic) bond motifs is 1. The number of methoxy groups -OCH3 is 1. The van der Waals surface area contributed by atoms with Crippen LogP contribution in [0.2, 0.25) is 0 Å². The molecule has 0 spiro atoms. The molecule has 0 amide bonds. The molecule has 0 radical (unpaired) electrons. The molecule has 0 saturated carbocycles. The van der Waals surface area contributed by atoms with Gasteiger partial charge in [0.05, 0.1) is 25.9 Å². The van der Waals surface area contributed by atoms with Gasteiger partial charge in [-0.1, -0.05) is 30.3 Å². The van der Waals surface area contributed by atoms with Crippen molar-refractivity contribution in [3.8, 4) is 0 Å². The van der Waals surface area contributed by atoms with E-state index in [1.54, 1.807) is 13.8 Å². The van der Waals surface area contributed by atoms with E-state index in [-0.39, 0.29) is 18.8 Å². The molecule has 2 saturated heterocycles. The summed E-state index contributed by atoms with van der Waals surface area (Å²) in [6.07, 6.45) is -2.66. The number of hydrogen-bond acceptors (Lipinski definition) is 8. The number of hydrogen-bond donors (Lipinski definition) is 3. The van der Waals surface area contributed by atoms with E-state index in [0.717, 1.165) is 0 Å². The summed E-state index contributed by atoms with van der Waals surface area (Å²) >= 11 is 0. The number of Topliss-reactive ketones (excluding diaryl/α,β-unsaturated/α-hetero) is 1. The summed E-state index contributed by atoms with van der Waals surface area (Å²) in [6, 6.07) is 9.12. The number of ketones is 1. The maximum Gasteiger partial charge on any atom is 0.336 e. The fraction of sp³-hybridized carbons (Fsp3) is 0.455. The Bertz CT molecular complexity index is 938. The lowest BCUT2D eigenvalue weighted by atomic mass is 9.74. The minimum Gasteiger partial charge on any atom is -0.466 e. The third kappa shape index (κ3) is 3.07. The monoisotopic (exact) mass is 415 g/mol.